The first-order valence-electron chi connectivity index (χ1n) is 3.46. The van der Waals surface area contributed by atoms with Crippen LogP contribution in [0.2, 0.25) is 0 Å². The van der Waals surface area contributed by atoms with E-state index < -0.39 is 0 Å². The van der Waals surface area contributed by atoms with Crippen molar-refractivity contribution in [2.45, 2.75) is 0 Å². The Bertz CT molecular complexity index is 383. The van der Waals surface area contributed by atoms with Crippen molar-refractivity contribution >= 4 is 17.0 Å². The SMILES string of the molecule is NN=Nc1nc2ccccc2[nH]1. The molecule has 0 aliphatic rings. The topological polar surface area (TPSA) is 79.4 Å². The van der Waals surface area contributed by atoms with Gasteiger partial charge in [0, 0.05) is 0 Å². The molecule has 0 saturated heterocycles. The predicted molar refractivity (Wildman–Crippen MR) is 44.8 cm³/mol. The predicted octanol–water partition coefficient (Wildman–Crippen LogP) is 1.52. The summed E-state index contributed by atoms with van der Waals surface area (Å²) in [6.45, 7) is 0. The summed E-state index contributed by atoms with van der Waals surface area (Å²) in [5, 5.41) is 6.71. The molecule has 0 spiro atoms. The number of imidazole rings is 1. The average molecular weight is 161 g/mol. The van der Waals surface area contributed by atoms with Crippen LogP contribution in [0.4, 0.5) is 5.95 Å². The first-order valence-corrected chi connectivity index (χ1v) is 3.46. The molecule has 2 aromatic rings. The highest BCUT2D eigenvalue weighted by molar-refractivity contribution is 5.76. The smallest absolute Gasteiger partial charge is 0.249 e. The maximum atomic E-state index is 4.88. The van der Waals surface area contributed by atoms with Crippen LogP contribution in [0, 0.1) is 0 Å². The highest BCUT2D eigenvalue weighted by atomic mass is 15.3. The van der Waals surface area contributed by atoms with Crippen molar-refractivity contribution < 1.29 is 0 Å². The van der Waals surface area contributed by atoms with Gasteiger partial charge in [0.15, 0.2) is 0 Å². The van der Waals surface area contributed by atoms with Crippen LogP contribution in [0.25, 0.3) is 11.0 Å². The van der Waals surface area contributed by atoms with E-state index in [9.17, 15) is 0 Å². The number of para-hydroxylation sites is 2. The van der Waals surface area contributed by atoms with Gasteiger partial charge in [0.1, 0.15) is 0 Å². The summed E-state index contributed by atoms with van der Waals surface area (Å²) in [6, 6.07) is 7.63. The van der Waals surface area contributed by atoms with Crippen molar-refractivity contribution in [2.24, 2.45) is 16.2 Å². The molecule has 0 aliphatic heterocycles. The number of rotatable bonds is 1. The second-order valence-corrected chi connectivity index (χ2v) is 2.29. The van der Waals surface area contributed by atoms with Crippen molar-refractivity contribution in [3.63, 3.8) is 0 Å². The minimum absolute atomic E-state index is 0.429. The highest BCUT2D eigenvalue weighted by Crippen LogP contribution is 2.14. The number of benzene rings is 1. The molecule has 5 nitrogen and oxygen atoms in total. The third-order valence-corrected chi connectivity index (χ3v) is 1.53. The zero-order valence-electron chi connectivity index (χ0n) is 6.23. The minimum Gasteiger partial charge on any atom is -0.321 e. The van der Waals surface area contributed by atoms with E-state index in [0.717, 1.165) is 11.0 Å². The molecule has 0 fully saturated rings. The number of hydrogen-bond acceptors (Lipinski definition) is 3. The summed E-state index contributed by atoms with van der Waals surface area (Å²) in [5.74, 6) is 5.31. The van der Waals surface area contributed by atoms with Crippen LogP contribution in [-0.2, 0) is 0 Å². The van der Waals surface area contributed by atoms with E-state index in [0.29, 0.717) is 5.95 Å². The third kappa shape index (κ3) is 1.01. The molecular weight excluding hydrogens is 154 g/mol. The van der Waals surface area contributed by atoms with Gasteiger partial charge in [-0.05, 0) is 12.1 Å². The fourth-order valence-corrected chi connectivity index (χ4v) is 1.04. The van der Waals surface area contributed by atoms with Crippen molar-refractivity contribution in [1.29, 1.82) is 0 Å². The summed E-state index contributed by atoms with van der Waals surface area (Å²) in [7, 11) is 0. The molecule has 3 N–H and O–H groups in total. The average Bonchev–Trinajstić information content (AvgIpc) is 2.47. The zero-order chi connectivity index (χ0) is 8.39. The number of hydrogen-bond donors (Lipinski definition) is 2. The number of H-pyrrole nitrogens is 1. The zero-order valence-corrected chi connectivity index (χ0v) is 6.23. The van der Waals surface area contributed by atoms with E-state index >= 15 is 0 Å². The third-order valence-electron chi connectivity index (χ3n) is 1.53. The molecule has 1 heterocycles. The molecule has 12 heavy (non-hydrogen) atoms. The van der Waals surface area contributed by atoms with Gasteiger partial charge in [0.05, 0.1) is 11.0 Å². The van der Waals surface area contributed by atoms with E-state index in [4.69, 9.17) is 5.84 Å². The Kier molecular flexibility index (Phi) is 1.48. The Morgan fingerprint density at radius 2 is 2.17 bits per heavy atom. The lowest BCUT2D eigenvalue weighted by atomic mass is 10.3. The number of aromatic nitrogens is 2. The van der Waals surface area contributed by atoms with Gasteiger partial charge in [0.2, 0.25) is 5.95 Å². The summed E-state index contributed by atoms with van der Waals surface area (Å²) in [4.78, 5) is 7.05. The highest BCUT2D eigenvalue weighted by Gasteiger charge is 1.98. The van der Waals surface area contributed by atoms with E-state index in [-0.39, 0.29) is 0 Å². The summed E-state index contributed by atoms with van der Waals surface area (Å²) in [5.41, 5.74) is 1.79. The quantitative estimate of drug-likeness (QED) is 0.377. The first kappa shape index (κ1) is 6.78. The Balaban J connectivity index is 2.62. The molecule has 0 unspecified atom stereocenters. The maximum absolute atomic E-state index is 4.88. The molecule has 2 rings (SSSR count). The Labute approximate surface area is 68.3 Å². The lowest BCUT2D eigenvalue weighted by molar-refractivity contribution is 1.02. The van der Waals surface area contributed by atoms with Crippen LogP contribution in [0.15, 0.2) is 34.6 Å². The number of fused-ring (bicyclic) bond motifs is 1. The van der Waals surface area contributed by atoms with Gasteiger partial charge in [-0.25, -0.2) is 4.98 Å². The molecule has 0 radical (unpaired) electrons. The van der Waals surface area contributed by atoms with E-state index in [1.165, 1.54) is 0 Å². The van der Waals surface area contributed by atoms with Crippen molar-refractivity contribution in [2.75, 3.05) is 0 Å². The number of aromatic amines is 1. The van der Waals surface area contributed by atoms with Gasteiger partial charge in [-0.15, -0.1) is 0 Å². The van der Waals surface area contributed by atoms with Gasteiger partial charge in [-0.1, -0.05) is 22.5 Å². The summed E-state index contributed by atoms with van der Waals surface area (Å²) in [6.07, 6.45) is 0. The Hall–Kier alpha value is -1.91. The second kappa shape index (κ2) is 2.61. The monoisotopic (exact) mass is 161 g/mol. The van der Waals surface area contributed by atoms with Crippen LogP contribution in [0.1, 0.15) is 0 Å². The van der Waals surface area contributed by atoms with Crippen molar-refractivity contribution in [3.05, 3.63) is 24.3 Å². The fraction of sp³-hybridized carbons (Fsp3) is 0. The summed E-state index contributed by atoms with van der Waals surface area (Å²) < 4.78 is 0. The fourth-order valence-electron chi connectivity index (χ4n) is 1.04. The normalized spacial score (nSPS) is 11.3. The molecular formula is C7H7N5. The lowest BCUT2D eigenvalue weighted by Gasteiger charge is -1.81. The largest absolute Gasteiger partial charge is 0.321 e. The van der Waals surface area contributed by atoms with Gasteiger partial charge in [-0.2, -0.15) is 0 Å². The standard InChI is InChI=1S/C7H7N5/c8-12-11-7-9-5-3-1-2-4-6(5)10-7/h1-4H,(H3,8,9,10,11). The van der Waals surface area contributed by atoms with Crippen LogP contribution < -0.4 is 5.84 Å². The van der Waals surface area contributed by atoms with Crippen LogP contribution >= 0.6 is 0 Å². The van der Waals surface area contributed by atoms with Crippen LogP contribution in [-0.4, -0.2) is 9.97 Å². The van der Waals surface area contributed by atoms with Gasteiger partial charge >= 0.3 is 0 Å². The molecule has 1 aromatic heterocycles. The Morgan fingerprint density at radius 1 is 1.33 bits per heavy atom. The number of nitrogens with zero attached hydrogens (tertiary/aromatic N) is 3. The van der Waals surface area contributed by atoms with Crippen LogP contribution in [0.3, 0.4) is 0 Å². The number of nitrogens with one attached hydrogen (secondary N) is 1. The molecule has 0 bridgehead atoms. The molecule has 5 heteroatoms. The lowest BCUT2D eigenvalue weighted by Crippen LogP contribution is -1.74. The van der Waals surface area contributed by atoms with Gasteiger partial charge in [0.25, 0.3) is 0 Å². The van der Waals surface area contributed by atoms with Crippen molar-refractivity contribution in [1.82, 2.24) is 9.97 Å². The molecule has 0 atom stereocenters. The van der Waals surface area contributed by atoms with Crippen molar-refractivity contribution in [3.8, 4) is 0 Å². The Morgan fingerprint density at radius 3 is 2.92 bits per heavy atom. The van der Waals surface area contributed by atoms with E-state index in [1.54, 1.807) is 0 Å². The molecule has 0 aliphatic carbocycles. The van der Waals surface area contributed by atoms with Gasteiger partial charge in [-0.3, -0.25) is 0 Å². The maximum Gasteiger partial charge on any atom is 0.249 e. The number of nitrogens with two attached hydrogens (primary N) is 1. The second-order valence-electron chi connectivity index (χ2n) is 2.29. The molecule has 0 amide bonds. The van der Waals surface area contributed by atoms with E-state index in [1.807, 2.05) is 24.3 Å². The molecule has 0 saturated carbocycles. The summed E-state index contributed by atoms with van der Waals surface area (Å²) >= 11 is 0. The van der Waals surface area contributed by atoms with Gasteiger partial charge < -0.3 is 10.8 Å². The van der Waals surface area contributed by atoms with E-state index in [2.05, 4.69) is 20.3 Å². The minimum atomic E-state index is 0.429. The van der Waals surface area contributed by atoms with Crippen LogP contribution in [0.5, 0.6) is 0 Å². The first-order chi connectivity index (χ1) is 5.90. The molecule has 1 aromatic carbocycles. The molecule has 60 valence electrons.